The zero-order chi connectivity index (χ0) is 54.5. The van der Waals surface area contributed by atoms with E-state index in [4.69, 9.17) is 37.7 Å². The van der Waals surface area contributed by atoms with E-state index >= 15 is 9.59 Å². The summed E-state index contributed by atoms with van der Waals surface area (Å²) in [5.74, 6) is -1.22. The Bertz CT molecular complexity index is 2750. The molecule has 2 aliphatic rings. The maximum Gasteiger partial charge on any atom is 0.247 e. The second-order valence-corrected chi connectivity index (χ2v) is 21.3. The number of halogens is 2. The van der Waals surface area contributed by atoms with Crippen LogP contribution in [0.4, 0.5) is 0 Å². The van der Waals surface area contributed by atoms with E-state index in [-0.39, 0.29) is 50.8 Å². The van der Waals surface area contributed by atoms with Crippen molar-refractivity contribution >= 4 is 52.7 Å². The fourth-order valence-corrected chi connectivity index (χ4v) is 10.2. The molecule has 0 spiro atoms. The third-order valence-electron chi connectivity index (χ3n) is 14.6. The van der Waals surface area contributed by atoms with Gasteiger partial charge in [-0.2, -0.15) is 0 Å². The molecule has 3 heterocycles. The molecule has 2 saturated heterocycles. The van der Waals surface area contributed by atoms with Gasteiger partial charge in [0, 0.05) is 80.9 Å². The molecule has 0 aliphatic carbocycles. The molecule has 2 fully saturated rings. The molecular formula is C58H73Cl2N9O7. The number of hydrogen-bond donors (Lipinski definition) is 2. The summed E-state index contributed by atoms with van der Waals surface area (Å²) in [6, 6.07) is 25.9. The Balaban J connectivity index is 1.23. The van der Waals surface area contributed by atoms with Crippen LogP contribution in [0.3, 0.4) is 0 Å². The Morgan fingerprint density at radius 2 is 1.43 bits per heavy atom. The number of hydrogen-bond acceptors (Lipinski definition) is 10. The third kappa shape index (κ3) is 15.4. The molecule has 0 unspecified atom stereocenters. The fraction of sp³-hybridized carbons (Fsp3) is 0.448. The average Bonchev–Trinajstić information content (AvgIpc) is 4.06. The lowest BCUT2D eigenvalue weighted by Crippen LogP contribution is -2.57. The van der Waals surface area contributed by atoms with Crippen LogP contribution in [0.5, 0.6) is 11.5 Å². The average molecular weight is 1080 g/mol. The van der Waals surface area contributed by atoms with Gasteiger partial charge in [-0.15, -0.1) is 0 Å². The normalized spacial score (nSPS) is 20.9. The number of likely N-dealkylation sites (N-methyl/N-ethyl adjacent to an activating group) is 2. The van der Waals surface area contributed by atoms with Gasteiger partial charge in [0.05, 0.1) is 37.5 Å². The maximum absolute atomic E-state index is 15.3. The van der Waals surface area contributed by atoms with Crippen LogP contribution in [-0.4, -0.2) is 156 Å². The minimum Gasteiger partial charge on any atom is -0.457 e. The van der Waals surface area contributed by atoms with Gasteiger partial charge in [-0.3, -0.25) is 28.9 Å². The Morgan fingerprint density at radius 3 is 2.12 bits per heavy atom. The lowest BCUT2D eigenvalue weighted by molar-refractivity contribution is -0.147. The van der Waals surface area contributed by atoms with Crippen molar-refractivity contribution in [1.29, 1.82) is 0 Å². The predicted octanol–water partition coefficient (Wildman–Crippen LogP) is 7.25. The van der Waals surface area contributed by atoms with Crippen molar-refractivity contribution in [1.82, 2.24) is 44.7 Å². The van der Waals surface area contributed by atoms with E-state index in [1.165, 1.54) is 29.8 Å². The predicted molar refractivity (Wildman–Crippen MR) is 296 cm³/mol. The molecule has 76 heavy (non-hydrogen) atoms. The van der Waals surface area contributed by atoms with Crippen LogP contribution in [0, 0.1) is 5.92 Å². The largest absolute Gasteiger partial charge is 0.457 e. The number of rotatable bonds is 16. The van der Waals surface area contributed by atoms with Gasteiger partial charge in [0.25, 0.3) is 0 Å². The van der Waals surface area contributed by atoms with Gasteiger partial charge in [0.2, 0.25) is 29.5 Å². The summed E-state index contributed by atoms with van der Waals surface area (Å²) in [5, 5.41) is 6.89. The van der Waals surface area contributed by atoms with Crippen molar-refractivity contribution < 1.29 is 33.4 Å². The van der Waals surface area contributed by atoms with Crippen LogP contribution in [0.1, 0.15) is 61.5 Å². The van der Waals surface area contributed by atoms with Crippen molar-refractivity contribution in [2.75, 3.05) is 68.1 Å². The quantitative estimate of drug-likeness (QED) is 0.103. The monoisotopic (exact) mass is 1080 g/mol. The molecule has 0 radical (unpaired) electrons. The second kappa shape index (κ2) is 27.1. The third-order valence-corrected chi connectivity index (χ3v) is 15.1. The van der Waals surface area contributed by atoms with Crippen LogP contribution >= 0.6 is 23.2 Å². The summed E-state index contributed by atoms with van der Waals surface area (Å²) in [6.07, 6.45) is 4.99. The standard InChI is InChI=1S/C58H73Cl2N9O7/c1-39-56(72)63-50(38-75-7)58(74)66(5)48(30-41-15-20-45(59)21-16-41)33-54(70)62-34-47(25-28-64(2)3)65(4)57(73)44(29-40-13-9-8-10-14-40)31-55(71)69(39)36-43-17-22-46(60)32-52(43)76-49-23-18-42(19-24-49)51-35-61-53(67(51)6)37-68-26-11-12-27-68/h8-10,13-24,32,35,39,44,47-48,50H,11-12,25-31,33-34,36-38H2,1-7H3,(H,62,70)(H,63,72)/t39-,44+,47-,48-,50-/m0/s1. The maximum atomic E-state index is 15.3. The molecular weight excluding hydrogens is 1010 g/mol. The van der Waals surface area contributed by atoms with Crippen LogP contribution in [0.25, 0.3) is 11.3 Å². The molecule has 2 N–H and O–H groups in total. The number of nitrogens with zero attached hydrogens (tertiary/aromatic N) is 7. The highest BCUT2D eigenvalue weighted by Gasteiger charge is 2.37. The molecule has 18 heteroatoms. The zero-order valence-corrected chi connectivity index (χ0v) is 46.4. The van der Waals surface area contributed by atoms with Crippen LogP contribution in [-0.2, 0) is 61.7 Å². The Hall–Kier alpha value is -6.30. The number of imidazole rings is 1. The molecule has 406 valence electrons. The SMILES string of the molecule is COC[C@@H]1NC(=O)[C@H](C)N(Cc2ccc(Cl)cc2Oc2ccc(-c3cnc(CN4CCCC4)n3C)cc2)C(=O)C[C@@H](Cc2ccccc2)C(=O)N(C)[C@@H](CCN(C)C)CNC(=O)C[C@H](Cc2ccc(Cl)cc2)N(C)C1=O. The van der Waals surface area contributed by atoms with Gasteiger partial charge in [0.15, 0.2) is 0 Å². The van der Waals surface area contributed by atoms with E-state index in [1.54, 1.807) is 56.3 Å². The van der Waals surface area contributed by atoms with E-state index in [0.29, 0.717) is 46.5 Å². The number of likely N-dealkylation sites (tertiary alicyclic amines) is 1. The first-order chi connectivity index (χ1) is 36.5. The lowest BCUT2D eigenvalue weighted by atomic mass is 9.93. The van der Waals surface area contributed by atoms with Gasteiger partial charge in [-0.25, -0.2) is 4.98 Å². The van der Waals surface area contributed by atoms with Crippen molar-refractivity contribution in [2.45, 2.75) is 89.1 Å². The van der Waals surface area contributed by atoms with Crippen molar-refractivity contribution in [3.05, 3.63) is 136 Å². The minimum absolute atomic E-state index is 0.0777. The molecule has 5 aromatic rings. The van der Waals surface area contributed by atoms with Gasteiger partial charge in [-0.05, 0) is 132 Å². The van der Waals surface area contributed by atoms with E-state index in [2.05, 4.69) is 20.1 Å². The molecule has 0 saturated carbocycles. The summed E-state index contributed by atoms with van der Waals surface area (Å²) in [6.45, 7) is 4.96. The van der Waals surface area contributed by atoms with E-state index in [9.17, 15) is 14.4 Å². The molecule has 16 nitrogen and oxygen atoms in total. The number of amides is 5. The Kier molecular flexibility index (Phi) is 20.5. The van der Waals surface area contributed by atoms with Crippen molar-refractivity contribution in [2.24, 2.45) is 13.0 Å². The zero-order valence-electron chi connectivity index (χ0n) is 44.8. The number of ether oxygens (including phenoxy) is 2. The van der Waals surface area contributed by atoms with Gasteiger partial charge in [-0.1, -0.05) is 71.7 Å². The van der Waals surface area contributed by atoms with Gasteiger partial charge in [0.1, 0.15) is 29.4 Å². The van der Waals surface area contributed by atoms with E-state index in [0.717, 1.165) is 47.8 Å². The number of methoxy groups -OCH3 is 1. The summed E-state index contributed by atoms with van der Waals surface area (Å²) in [4.78, 5) is 87.4. The molecule has 5 amide bonds. The van der Waals surface area contributed by atoms with Gasteiger partial charge < -0.3 is 44.3 Å². The van der Waals surface area contributed by atoms with Gasteiger partial charge >= 0.3 is 0 Å². The number of carbonyl (C=O) groups is 5. The van der Waals surface area contributed by atoms with Crippen LogP contribution in [0.2, 0.25) is 10.0 Å². The summed E-state index contributed by atoms with van der Waals surface area (Å²) in [5.41, 5.74) is 4.16. The highest BCUT2D eigenvalue weighted by Crippen LogP contribution is 2.33. The number of benzene rings is 4. The van der Waals surface area contributed by atoms with Crippen LogP contribution in [0.15, 0.2) is 103 Å². The second-order valence-electron chi connectivity index (χ2n) is 20.4. The molecule has 1 aromatic heterocycles. The van der Waals surface area contributed by atoms with Crippen LogP contribution < -0.4 is 15.4 Å². The minimum atomic E-state index is -1.20. The lowest BCUT2D eigenvalue weighted by Gasteiger charge is -2.36. The highest BCUT2D eigenvalue weighted by atomic mass is 35.5. The Labute approximate surface area is 457 Å². The summed E-state index contributed by atoms with van der Waals surface area (Å²) in [7, 11) is 10.6. The fourth-order valence-electron chi connectivity index (χ4n) is 9.94. The molecule has 4 aromatic carbocycles. The first-order valence-corrected chi connectivity index (χ1v) is 26.8. The molecule has 7 rings (SSSR count). The van der Waals surface area contributed by atoms with E-state index < -0.39 is 47.8 Å². The molecule has 0 bridgehead atoms. The summed E-state index contributed by atoms with van der Waals surface area (Å²) < 4.78 is 14.2. The smallest absolute Gasteiger partial charge is 0.247 e. The Morgan fingerprint density at radius 1 is 0.763 bits per heavy atom. The number of aromatic nitrogens is 2. The van der Waals surface area contributed by atoms with E-state index in [1.807, 2.05) is 99.0 Å². The first-order valence-electron chi connectivity index (χ1n) is 26.1. The number of nitrogens with one attached hydrogen (secondary N) is 2. The number of carbonyl (C=O) groups excluding carboxylic acids is 5. The first kappa shape index (κ1) is 57.4. The van der Waals surface area contributed by atoms with Crippen molar-refractivity contribution in [3.8, 4) is 22.8 Å². The topological polar surface area (TPSA) is 162 Å². The summed E-state index contributed by atoms with van der Waals surface area (Å²) >= 11 is 12.9. The molecule has 5 atom stereocenters. The van der Waals surface area contributed by atoms with Crippen molar-refractivity contribution in [3.63, 3.8) is 0 Å². The molecule has 2 aliphatic heterocycles. The highest BCUT2D eigenvalue weighted by molar-refractivity contribution is 6.31.